The largest absolute Gasteiger partial charge is 0.508 e. The molecule has 1 unspecified atom stereocenters. The molecular weight excluding hydrogens is 174 g/mol. The number of benzene rings is 1. The molecule has 1 N–H and O–H groups in total. The summed E-state index contributed by atoms with van der Waals surface area (Å²) in [6.45, 7) is 4.49. The van der Waals surface area contributed by atoms with Gasteiger partial charge in [-0.3, -0.25) is 0 Å². The molecular formula is C12H17NO. The summed E-state index contributed by atoms with van der Waals surface area (Å²) in [4.78, 5) is 2.34. The second-order valence-electron chi connectivity index (χ2n) is 4.60. The molecule has 0 saturated carbocycles. The molecule has 0 aliphatic carbocycles. The van der Waals surface area contributed by atoms with Crippen molar-refractivity contribution in [3.63, 3.8) is 0 Å². The first-order valence-corrected chi connectivity index (χ1v) is 5.08. The lowest BCUT2D eigenvalue weighted by Crippen LogP contribution is -2.25. The summed E-state index contributed by atoms with van der Waals surface area (Å²) >= 11 is 0. The molecule has 14 heavy (non-hydrogen) atoms. The molecule has 1 heterocycles. The Bertz CT molecular complexity index is 337. The average Bonchev–Trinajstić information content (AvgIpc) is 2.48. The molecule has 2 rings (SSSR count). The number of aromatic hydroxyl groups is 1. The standard InChI is InChI=1S/C12H17NO/c1-12(6-7-13(2)9-12)10-4-3-5-11(14)8-10/h3-5,8,14H,6-7,9H2,1-2H3. The van der Waals surface area contributed by atoms with Crippen LogP contribution in [-0.4, -0.2) is 30.1 Å². The molecule has 1 aliphatic heterocycles. The van der Waals surface area contributed by atoms with Crippen LogP contribution in [0.15, 0.2) is 24.3 Å². The van der Waals surface area contributed by atoms with Gasteiger partial charge in [0.25, 0.3) is 0 Å². The van der Waals surface area contributed by atoms with Crippen molar-refractivity contribution >= 4 is 0 Å². The van der Waals surface area contributed by atoms with Crippen LogP contribution < -0.4 is 0 Å². The van der Waals surface area contributed by atoms with Gasteiger partial charge in [0.05, 0.1) is 0 Å². The number of nitrogens with zero attached hydrogens (tertiary/aromatic N) is 1. The molecule has 2 heteroatoms. The van der Waals surface area contributed by atoms with Crippen LogP contribution in [0.4, 0.5) is 0 Å². The van der Waals surface area contributed by atoms with Gasteiger partial charge in [0.15, 0.2) is 0 Å². The lowest BCUT2D eigenvalue weighted by Gasteiger charge is -2.24. The molecule has 1 atom stereocenters. The quantitative estimate of drug-likeness (QED) is 0.733. The van der Waals surface area contributed by atoms with E-state index in [0.29, 0.717) is 5.75 Å². The molecule has 1 aromatic rings. The second-order valence-corrected chi connectivity index (χ2v) is 4.60. The summed E-state index contributed by atoms with van der Waals surface area (Å²) in [5.74, 6) is 0.373. The molecule has 0 bridgehead atoms. The Kier molecular flexibility index (Phi) is 2.23. The van der Waals surface area contributed by atoms with Gasteiger partial charge in [0.2, 0.25) is 0 Å². The molecule has 1 aliphatic rings. The number of likely N-dealkylation sites (N-methyl/N-ethyl adjacent to an activating group) is 1. The highest BCUT2D eigenvalue weighted by Crippen LogP contribution is 2.34. The Hall–Kier alpha value is -1.02. The zero-order valence-corrected chi connectivity index (χ0v) is 8.83. The summed E-state index contributed by atoms with van der Waals surface area (Å²) in [6.07, 6.45) is 1.17. The van der Waals surface area contributed by atoms with Gasteiger partial charge in [-0.05, 0) is 37.7 Å². The predicted molar refractivity (Wildman–Crippen MR) is 57.6 cm³/mol. The maximum atomic E-state index is 9.44. The second kappa shape index (κ2) is 3.28. The fourth-order valence-corrected chi connectivity index (χ4v) is 2.31. The van der Waals surface area contributed by atoms with Crippen LogP contribution in [0.2, 0.25) is 0 Å². The molecule has 1 fully saturated rings. The van der Waals surface area contributed by atoms with E-state index in [0.717, 1.165) is 13.1 Å². The number of phenols is 1. The Balaban J connectivity index is 2.30. The van der Waals surface area contributed by atoms with Crippen molar-refractivity contribution in [1.29, 1.82) is 0 Å². The van der Waals surface area contributed by atoms with E-state index in [9.17, 15) is 5.11 Å². The fraction of sp³-hybridized carbons (Fsp3) is 0.500. The van der Waals surface area contributed by atoms with Gasteiger partial charge in [-0.25, -0.2) is 0 Å². The van der Waals surface area contributed by atoms with Crippen molar-refractivity contribution < 1.29 is 5.11 Å². The van der Waals surface area contributed by atoms with Crippen molar-refractivity contribution in [2.24, 2.45) is 0 Å². The highest BCUT2D eigenvalue weighted by molar-refractivity contribution is 5.33. The van der Waals surface area contributed by atoms with Crippen molar-refractivity contribution in [2.75, 3.05) is 20.1 Å². The minimum absolute atomic E-state index is 0.216. The van der Waals surface area contributed by atoms with Crippen LogP contribution in [0.3, 0.4) is 0 Å². The van der Waals surface area contributed by atoms with E-state index in [4.69, 9.17) is 0 Å². The third-order valence-corrected chi connectivity index (χ3v) is 3.21. The molecule has 0 spiro atoms. The lowest BCUT2D eigenvalue weighted by atomic mass is 9.82. The van der Waals surface area contributed by atoms with E-state index in [-0.39, 0.29) is 5.41 Å². The Morgan fingerprint density at radius 1 is 1.43 bits per heavy atom. The van der Waals surface area contributed by atoms with E-state index < -0.39 is 0 Å². The van der Waals surface area contributed by atoms with Crippen LogP contribution >= 0.6 is 0 Å². The Morgan fingerprint density at radius 2 is 2.21 bits per heavy atom. The van der Waals surface area contributed by atoms with Gasteiger partial charge in [0.1, 0.15) is 5.75 Å². The minimum atomic E-state index is 0.216. The van der Waals surface area contributed by atoms with Gasteiger partial charge in [0, 0.05) is 12.0 Å². The number of rotatable bonds is 1. The molecule has 2 nitrogen and oxygen atoms in total. The van der Waals surface area contributed by atoms with Gasteiger partial charge in [-0.1, -0.05) is 19.1 Å². The summed E-state index contributed by atoms with van der Waals surface area (Å²) in [5, 5.41) is 9.44. The van der Waals surface area contributed by atoms with Crippen molar-refractivity contribution in [1.82, 2.24) is 4.90 Å². The smallest absolute Gasteiger partial charge is 0.115 e. The van der Waals surface area contributed by atoms with E-state index in [1.54, 1.807) is 6.07 Å². The highest BCUT2D eigenvalue weighted by atomic mass is 16.3. The number of hydrogen-bond acceptors (Lipinski definition) is 2. The third kappa shape index (κ3) is 1.62. The molecule has 76 valence electrons. The van der Waals surface area contributed by atoms with Crippen LogP contribution in [0.25, 0.3) is 0 Å². The molecule has 0 radical (unpaired) electrons. The predicted octanol–water partition coefficient (Wildman–Crippen LogP) is 1.99. The SMILES string of the molecule is CN1CCC(C)(c2cccc(O)c2)C1. The van der Waals surface area contributed by atoms with Gasteiger partial charge in [-0.2, -0.15) is 0 Å². The van der Waals surface area contributed by atoms with Gasteiger partial charge >= 0.3 is 0 Å². The van der Waals surface area contributed by atoms with Crippen molar-refractivity contribution in [3.8, 4) is 5.75 Å². The highest BCUT2D eigenvalue weighted by Gasteiger charge is 2.33. The number of hydrogen-bond donors (Lipinski definition) is 1. The normalized spacial score (nSPS) is 28.1. The van der Waals surface area contributed by atoms with E-state index >= 15 is 0 Å². The monoisotopic (exact) mass is 191 g/mol. The number of likely N-dealkylation sites (tertiary alicyclic amines) is 1. The van der Waals surface area contributed by atoms with Crippen LogP contribution in [0.5, 0.6) is 5.75 Å². The average molecular weight is 191 g/mol. The maximum Gasteiger partial charge on any atom is 0.115 e. The fourth-order valence-electron chi connectivity index (χ4n) is 2.31. The molecule has 0 amide bonds. The maximum absolute atomic E-state index is 9.44. The van der Waals surface area contributed by atoms with Crippen LogP contribution in [-0.2, 0) is 5.41 Å². The first-order valence-electron chi connectivity index (χ1n) is 5.08. The topological polar surface area (TPSA) is 23.5 Å². The van der Waals surface area contributed by atoms with E-state index in [1.165, 1.54) is 12.0 Å². The zero-order valence-electron chi connectivity index (χ0n) is 8.83. The molecule has 1 saturated heterocycles. The first kappa shape index (κ1) is 9.53. The van der Waals surface area contributed by atoms with Gasteiger partial charge < -0.3 is 10.0 Å². The minimum Gasteiger partial charge on any atom is -0.508 e. The van der Waals surface area contributed by atoms with Crippen LogP contribution in [0, 0.1) is 0 Å². The summed E-state index contributed by atoms with van der Waals surface area (Å²) in [5.41, 5.74) is 1.47. The lowest BCUT2D eigenvalue weighted by molar-refractivity contribution is 0.380. The third-order valence-electron chi connectivity index (χ3n) is 3.21. The number of phenolic OH excluding ortho intramolecular Hbond substituents is 1. The summed E-state index contributed by atoms with van der Waals surface area (Å²) < 4.78 is 0. The van der Waals surface area contributed by atoms with Gasteiger partial charge in [-0.15, -0.1) is 0 Å². The zero-order chi connectivity index (χ0) is 10.2. The molecule has 1 aromatic carbocycles. The van der Waals surface area contributed by atoms with E-state index in [1.807, 2.05) is 12.1 Å². The Labute approximate surface area is 85.2 Å². The summed E-state index contributed by atoms with van der Waals surface area (Å²) in [6, 6.07) is 7.65. The first-order chi connectivity index (χ1) is 6.60. The van der Waals surface area contributed by atoms with Crippen molar-refractivity contribution in [2.45, 2.75) is 18.8 Å². The van der Waals surface area contributed by atoms with Crippen LogP contribution in [0.1, 0.15) is 18.9 Å². The summed E-state index contributed by atoms with van der Waals surface area (Å²) in [7, 11) is 2.15. The molecule has 0 aromatic heterocycles. The Morgan fingerprint density at radius 3 is 2.79 bits per heavy atom. The van der Waals surface area contributed by atoms with Crippen molar-refractivity contribution in [3.05, 3.63) is 29.8 Å². The van der Waals surface area contributed by atoms with E-state index in [2.05, 4.69) is 24.9 Å².